The first kappa shape index (κ1) is 12.1. The number of rotatable bonds is 7. The van der Waals surface area contributed by atoms with Crippen LogP contribution in [0.3, 0.4) is 0 Å². The van der Waals surface area contributed by atoms with E-state index in [9.17, 15) is 0 Å². The quantitative estimate of drug-likeness (QED) is 0.670. The van der Waals surface area contributed by atoms with Crippen molar-refractivity contribution in [2.75, 3.05) is 0 Å². The zero-order valence-electron chi connectivity index (χ0n) is 10.5. The van der Waals surface area contributed by atoms with E-state index >= 15 is 0 Å². The summed E-state index contributed by atoms with van der Waals surface area (Å²) in [5, 5.41) is 3.81. The summed E-state index contributed by atoms with van der Waals surface area (Å²) in [7, 11) is 0. The van der Waals surface area contributed by atoms with Crippen LogP contribution in [0.5, 0.6) is 0 Å². The minimum atomic E-state index is 0.507. The Morgan fingerprint density at radius 1 is 1.44 bits per heavy atom. The van der Waals surface area contributed by atoms with Crippen molar-refractivity contribution < 1.29 is 4.74 Å². The molecule has 4 atom stereocenters. The van der Waals surface area contributed by atoms with Crippen molar-refractivity contribution in [1.82, 2.24) is 5.32 Å². The topological polar surface area (TPSA) is 21.3 Å². The Hall–Kier alpha value is -0.340. The van der Waals surface area contributed by atoms with E-state index in [0.29, 0.717) is 24.3 Å². The lowest BCUT2D eigenvalue weighted by atomic mass is 9.93. The molecule has 2 saturated heterocycles. The van der Waals surface area contributed by atoms with Gasteiger partial charge in [-0.2, -0.15) is 0 Å². The summed E-state index contributed by atoms with van der Waals surface area (Å²) in [6, 6.07) is 1.29. The summed E-state index contributed by atoms with van der Waals surface area (Å²) in [6.45, 7) is 6.07. The van der Waals surface area contributed by atoms with Gasteiger partial charge >= 0.3 is 0 Å². The average molecular weight is 223 g/mol. The maximum Gasteiger partial charge on any atom is 0.0733 e. The average Bonchev–Trinajstić information content (AvgIpc) is 2.88. The number of ether oxygens (including phenoxy) is 1. The third-order valence-corrected chi connectivity index (χ3v) is 3.91. The van der Waals surface area contributed by atoms with Crippen LogP contribution in [0, 0.1) is 0 Å². The highest BCUT2D eigenvalue weighted by Crippen LogP contribution is 2.34. The number of nitrogens with one attached hydrogen (secondary N) is 1. The fourth-order valence-electron chi connectivity index (χ4n) is 3.09. The summed E-state index contributed by atoms with van der Waals surface area (Å²) in [5.74, 6) is 0. The molecule has 2 aliphatic rings. The molecule has 0 aliphatic carbocycles. The zero-order valence-corrected chi connectivity index (χ0v) is 10.5. The summed E-state index contributed by atoms with van der Waals surface area (Å²) >= 11 is 0. The van der Waals surface area contributed by atoms with E-state index in [1.54, 1.807) is 0 Å². The second-order valence-electron chi connectivity index (χ2n) is 5.23. The number of allylic oxidation sites excluding steroid dienone is 1. The molecule has 2 heterocycles. The monoisotopic (exact) mass is 223 g/mol. The molecule has 2 bridgehead atoms. The highest BCUT2D eigenvalue weighted by Gasteiger charge is 2.41. The lowest BCUT2D eigenvalue weighted by molar-refractivity contribution is 0.0956. The van der Waals surface area contributed by atoms with Crippen molar-refractivity contribution in [3.8, 4) is 0 Å². The molecule has 2 rings (SSSR count). The molecular formula is C14H25NO. The largest absolute Gasteiger partial charge is 0.373 e. The highest BCUT2D eigenvalue weighted by atomic mass is 16.5. The molecule has 0 aromatic heterocycles. The summed E-state index contributed by atoms with van der Waals surface area (Å²) in [5.41, 5.74) is 0. The van der Waals surface area contributed by atoms with Gasteiger partial charge in [0.2, 0.25) is 0 Å². The Morgan fingerprint density at radius 2 is 2.31 bits per heavy atom. The van der Waals surface area contributed by atoms with Gasteiger partial charge in [0.1, 0.15) is 0 Å². The van der Waals surface area contributed by atoms with Crippen molar-refractivity contribution in [1.29, 1.82) is 0 Å². The van der Waals surface area contributed by atoms with E-state index in [1.807, 2.05) is 6.08 Å². The molecule has 1 N–H and O–H groups in total. The Kier molecular flexibility index (Phi) is 4.42. The SMILES string of the molecule is C=CCCC(CCC)NC1CC2CCC1O2. The van der Waals surface area contributed by atoms with Gasteiger partial charge < -0.3 is 10.1 Å². The lowest BCUT2D eigenvalue weighted by Gasteiger charge is -2.26. The van der Waals surface area contributed by atoms with Crippen LogP contribution >= 0.6 is 0 Å². The van der Waals surface area contributed by atoms with Gasteiger partial charge in [0.05, 0.1) is 12.2 Å². The van der Waals surface area contributed by atoms with Crippen LogP contribution in [-0.4, -0.2) is 24.3 Å². The summed E-state index contributed by atoms with van der Waals surface area (Å²) in [4.78, 5) is 0. The molecule has 16 heavy (non-hydrogen) atoms. The molecule has 2 aliphatic heterocycles. The van der Waals surface area contributed by atoms with E-state index < -0.39 is 0 Å². The van der Waals surface area contributed by atoms with Crippen LogP contribution in [0.2, 0.25) is 0 Å². The van der Waals surface area contributed by atoms with Crippen LogP contribution < -0.4 is 5.32 Å². The highest BCUT2D eigenvalue weighted by molar-refractivity contribution is 4.95. The standard InChI is InChI=1S/C14H25NO/c1-3-5-7-11(6-4-2)15-13-10-12-8-9-14(13)16-12/h3,11-15H,1,4-10H2,2H3. The number of fused-ring (bicyclic) bond motifs is 2. The second kappa shape index (κ2) is 5.83. The molecule has 0 saturated carbocycles. The van der Waals surface area contributed by atoms with E-state index in [-0.39, 0.29) is 0 Å². The smallest absolute Gasteiger partial charge is 0.0733 e. The van der Waals surface area contributed by atoms with Gasteiger partial charge in [-0.3, -0.25) is 0 Å². The molecule has 0 aromatic rings. The van der Waals surface area contributed by atoms with E-state index in [0.717, 1.165) is 6.42 Å². The first-order chi connectivity index (χ1) is 7.83. The molecule has 2 heteroatoms. The maximum atomic E-state index is 5.89. The van der Waals surface area contributed by atoms with Gasteiger partial charge in [-0.25, -0.2) is 0 Å². The molecule has 0 aromatic carbocycles. The normalized spacial score (nSPS) is 34.2. The van der Waals surface area contributed by atoms with E-state index in [1.165, 1.54) is 38.5 Å². The summed E-state index contributed by atoms with van der Waals surface area (Å²) < 4.78 is 5.89. The van der Waals surface area contributed by atoms with Crippen LogP contribution in [0.1, 0.15) is 51.9 Å². The fourth-order valence-corrected chi connectivity index (χ4v) is 3.09. The number of hydrogen-bond donors (Lipinski definition) is 1. The van der Waals surface area contributed by atoms with Crippen LogP contribution in [0.4, 0.5) is 0 Å². The van der Waals surface area contributed by atoms with Gasteiger partial charge in [0, 0.05) is 12.1 Å². The van der Waals surface area contributed by atoms with Crippen molar-refractivity contribution in [3.05, 3.63) is 12.7 Å². The van der Waals surface area contributed by atoms with Gasteiger partial charge in [0.15, 0.2) is 0 Å². The first-order valence-corrected chi connectivity index (χ1v) is 6.86. The first-order valence-electron chi connectivity index (χ1n) is 6.86. The van der Waals surface area contributed by atoms with Gasteiger partial charge in [-0.1, -0.05) is 19.4 Å². The molecule has 4 unspecified atom stereocenters. The molecule has 2 nitrogen and oxygen atoms in total. The Bertz CT molecular complexity index is 229. The van der Waals surface area contributed by atoms with Crippen molar-refractivity contribution in [2.24, 2.45) is 0 Å². The predicted octanol–water partition coefficient (Wildman–Crippen LogP) is 3.03. The number of hydrogen-bond acceptors (Lipinski definition) is 2. The Morgan fingerprint density at radius 3 is 2.88 bits per heavy atom. The summed E-state index contributed by atoms with van der Waals surface area (Å²) in [6.07, 6.45) is 11.8. The zero-order chi connectivity index (χ0) is 11.4. The second-order valence-corrected chi connectivity index (χ2v) is 5.23. The molecule has 0 spiro atoms. The van der Waals surface area contributed by atoms with Crippen LogP contribution in [0.25, 0.3) is 0 Å². The predicted molar refractivity (Wildman–Crippen MR) is 67.6 cm³/mol. The minimum absolute atomic E-state index is 0.507. The fraction of sp³-hybridized carbons (Fsp3) is 0.857. The minimum Gasteiger partial charge on any atom is -0.373 e. The van der Waals surface area contributed by atoms with Crippen LogP contribution in [0.15, 0.2) is 12.7 Å². The van der Waals surface area contributed by atoms with E-state index in [2.05, 4.69) is 18.8 Å². The third-order valence-electron chi connectivity index (χ3n) is 3.91. The lowest BCUT2D eigenvalue weighted by Crippen LogP contribution is -2.43. The van der Waals surface area contributed by atoms with Gasteiger partial charge in [0.25, 0.3) is 0 Å². The van der Waals surface area contributed by atoms with Crippen molar-refractivity contribution in [2.45, 2.75) is 76.2 Å². The van der Waals surface area contributed by atoms with Gasteiger partial charge in [-0.05, 0) is 38.5 Å². The molecule has 0 radical (unpaired) electrons. The Balaban J connectivity index is 1.78. The Labute approximate surface area is 99.4 Å². The van der Waals surface area contributed by atoms with Crippen LogP contribution in [-0.2, 0) is 4.74 Å². The molecule has 0 amide bonds. The van der Waals surface area contributed by atoms with Crippen molar-refractivity contribution >= 4 is 0 Å². The van der Waals surface area contributed by atoms with Gasteiger partial charge in [-0.15, -0.1) is 6.58 Å². The third kappa shape index (κ3) is 2.86. The van der Waals surface area contributed by atoms with E-state index in [4.69, 9.17) is 4.74 Å². The molecule has 92 valence electrons. The maximum absolute atomic E-state index is 5.89. The molecular weight excluding hydrogens is 198 g/mol. The van der Waals surface area contributed by atoms with Crippen molar-refractivity contribution in [3.63, 3.8) is 0 Å². The molecule has 2 fully saturated rings.